The minimum Gasteiger partial charge on any atom is -0.372 e. The summed E-state index contributed by atoms with van der Waals surface area (Å²) in [6, 6.07) is 6.28. The summed E-state index contributed by atoms with van der Waals surface area (Å²) in [5.74, 6) is -0.247. The summed E-state index contributed by atoms with van der Waals surface area (Å²) in [5, 5.41) is 0. The third-order valence-electron chi connectivity index (χ3n) is 3.53. The summed E-state index contributed by atoms with van der Waals surface area (Å²) in [5.41, 5.74) is 9.98. The van der Waals surface area contributed by atoms with E-state index in [9.17, 15) is 4.39 Å². The number of ether oxygens (including phenoxy) is 1. The summed E-state index contributed by atoms with van der Waals surface area (Å²) in [4.78, 5) is 5.46. The van der Waals surface area contributed by atoms with Crippen LogP contribution in [0.5, 0.6) is 0 Å². The highest BCUT2D eigenvalue weighted by Crippen LogP contribution is 2.23. The van der Waals surface area contributed by atoms with E-state index in [2.05, 4.69) is 4.98 Å². The molecule has 1 aromatic heterocycles. The fourth-order valence-corrected chi connectivity index (χ4v) is 2.94. The number of rotatable bonds is 7. The molecule has 2 N–H and O–H groups in total. The molecule has 114 valence electrons. The van der Waals surface area contributed by atoms with Gasteiger partial charge in [0.15, 0.2) is 0 Å². The first-order valence-corrected chi connectivity index (χ1v) is 8.01. The Balaban J connectivity index is 2.00. The van der Waals surface area contributed by atoms with Crippen LogP contribution in [0.1, 0.15) is 35.6 Å². The average molecular weight is 308 g/mol. The normalized spacial score (nSPS) is 14.1. The van der Waals surface area contributed by atoms with Crippen LogP contribution in [0.2, 0.25) is 0 Å². The zero-order chi connectivity index (χ0) is 15.2. The van der Waals surface area contributed by atoms with E-state index in [0.717, 1.165) is 24.1 Å². The van der Waals surface area contributed by atoms with Crippen LogP contribution >= 0.6 is 11.3 Å². The molecular weight excluding hydrogens is 287 g/mol. The van der Waals surface area contributed by atoms with Crippen molar-refractivity contribution in [1.29, 1.82) is 0 Å². The molecule has 0 saturated heterocycles. The van der Waals surface area contributed by atoms with Crippen LogP contribution in [0, 0.1) is 12.7 Å². The molecule has 2 aromatic rings. The summed E-state index contributed by atoms with van der Waals surface area (Å²) in [6.45, 7) is 4.61. The van der Waals surface area contributed by atoms with Crippen molar-refractivity contribution in [3.63, 3.8) is 0 Å². The Hall–Kier alpha value is -1.30. The van der Waals surface area contributed by atoms with Gasteiger partial charge in [-0.1, -0.05) is 19.1 Å². The molecule has 0 aliphatic carbocycles. The van der Waals surface area contributed by atoms with Gasteiger partial charge in [-0.3, -0.25) is 0 Å². The predicted octanol–water partition coefficient (Wildman–Crippen LogP) is 3.63. The molecule has 1 heterocycles. The van der Waals surface area contributed by atoms with Gasteiger partial charge in [-0.2, -0.15) is 0 Å². The number of halogens is 1. The standard InChI is InChI=1S/C16H21FN2OS/c1-3-14(18)16(12-4-6-13(17)7-5-12)20-9-8-15-11(2)19-10-21-15/h4-7,10,14,16H,3,8-9,18H2,1-2H3. The van der Waals surface area contributed by atoms with Crippen LogP contribution in [0.4, 0.5) is 4.39 Å². The van der Waals surface area contributed by atoms with Crippen molar-refractivity contribution in [2.24, 2.45) is 5.73 Å². The topological polar surface area (TPSA) is 48.1 Å². The Morgan fingerprint density at radius 1 is 1.33 bits per heavy atom. The largest absolute Gasteiger partial charge is 0.372 e. The predicted molar refractivity (Wildman–Crippen MR) is 83.9 cm³/mol. The molecule has 3 nitrogen and oxygen atoms in total. The number of thiazole rings is 1. The first-order valence-electron chi connectivity index (χ1n) is 7.13. The fourth-order valence-electron chi connectivity index (χ4n) is 2.18. The Morgan fingerprint density at radius 2 is 2.05 bits per heavy atom. The minimum atomic E-state index is -0.247. The molecule has 0 aliphatic rings. The molecule has 5 heteroatoms. The van der Waals surface area contributed by atoms with Crippen LogP contribution < -0.4 is 5.73 Å². The maximum Gasteiger partial charge on any atom is 0.123 e. The second-order valence-electron chi connectivity index (χ2n) is 5.03. The third kappa shape index (κ3) is 4.33. The number of aryl methyl sites for hydroxylation is 1. The lowest BCUT2D eigenvalue weighted by atomic mass is 10.0. The van der Waals surface area contributed by atoms with E-state index in [-0.39, 0.29) is 18.0 Å². The maximum absolute atomic E-state index is 13.0. The molecule has 0 fully saturated rings. The van der Waals surface area contributed by atoms with E-state index in [0.29, 0.717) is 6.61 Å². The highest BCUT2D eigenvalue weighted by atomic mass is 32.1. The van der Waals surface area contributed by atoms with Crippen molar-refractivity contribution in [1.82, 2.24) is 4.98 Å². The zero-order valence-electron chi connectivity index (χ0n) is 12.4. The van der Waals surface area contributed by atoms with Gasteiger partial charge in [0.1, 0.15) is 5.82 Å². The lowest BCUT2D eigenvalue weighted by molar-refractivity contribution is 0.0356. The molecule has 0 amide bonds. The SMILES string of the molecule is CCC(N)C(OCCc1scnc1C)c1ccc(F)cc1. The Bertz CT molecular complexity index is 556. The Labute approximate surface area is 129 Å². The first-order chi connectivity index (χ1) is 10.1. The van der Waals surface area contributed by atoms with Crippen molar-refractivity contribution in [3.8, 4) is 0 Å². The second-order valence-corrected chi connectivity index (χ2v) is 5.97. The third-order valence-corrected chi connectivity index (χ3v) is 4.53. The summed E-state index contributed by atoms with van der Waals surface area (Å²) < 4.78 is 19.0. The number of benzene rings is 1. The number of aromatic nitrogens is 1. The van der Waals surface area contributed by atoms with Gasteiger partial charge in [-0.25, -0.2) is 9.37 Å². The average Bonchev–Trinajstić information content (AvgIpc) is 2.89. The van der Waals surface area contributed by atoms with E-state index < -0.39 is 0 Å². The fraction of sp³-hybridized carbons (Fsp3) is 0.438. The molecule has 0 saturated carbocycles. The van der Waals surface area contributed by atoms with Crippen molar-refractivity contribution in [3.05, 3.63) is 51.7 Å². The molecule has 1 aromatic carbocycles. The van der Waals surface area contributed by atoms with Crippen molar-refractivity contribution < 1.29 is 9.13 Å². The summed E-state index contributed by atoms with van der Waals surface area (Å²) >= 11 is 1.64. The lowest BCUT2D eigenvalue weighted by Gasteiger charge is -2.24. The van der Waals surface area contributed by atoms with Crippen molar-refractivity contribution in [2.45, 2.75) is 38.8 Å². The van der Waals surface area contributed by atoms with Crippen molar-refractivity contribution >= 4 is 11.3 Å². The number of nitrogens with zero attached hydrogens (tertiary/aromatic N) is 1. The number of hydrogen-bond donors (Lipinski definition) is 1. The summed E-state index contributed by atoms with van der Waals surface area (Å²) in [7, 11) is 0. The quantitative estimate of drug-likeness (QED) is 0.849. The molecule has 21 heavy (non-hydrogen) atoms. The monoisotopic (exact) mass is 308 g/mol. The van der Waals surface area contributed by atoms with E-state index in [1.54, 1.807) is 23.5 Å². The van der Waals surface area contributed by atoms with Gasteiger partial charge in [0.2, 0.25) is 0 Å². The molecule has 0 bridgehead atoms. The molecular formula is C16H21FN2OS. The van der Waals surface area contributed by atoms with Crippen LogP contribution in [-0.4, -0.2) is 17.6 Å². The number of hydrogen-bond acceptors (Lipinski definition) is 4. The van der Waals surface area contributed by atoms with E-state index in [1.807, 2.05) is 19.4 Å². The van der Waals surface area contributed by atoms with Crippen LogP contribution in [0.3, 0.4) is 0 Å². The van der Waals surface area contributed by atoms with E-state index in [1.165, 1.54) is 17.0 Å². The molecule has 2 atom stereocenters. The summed E-state index contributed by atoms with van der Waals surface area (Å²) in [6.07, 6.45) is 1.43. The first kappa shape index (κ1) is 16.1. The van der Waals surface area contributed by atoms with Crippen molar-refractivity contribution in [2.75, 3.05) is 6.61 Å². The van der Waals surface area contributed by atoms with Gasteiger partial charge in [-0.15, -0.1) is 11.3 Å². The second kappa shape index (κ2) is 7.64. The van der Waals surface area contributed by atoms with Gasteiger partial charge >= 0.3 is 0 Å². The maximum atomic E-state index is 13.0. The smallest absolute Gasteiger partial charge is 0.123 e. The molecule has 0 spiro atoms. The highest BCUT2D eigenvalue weighted by Gasteiger charge is 2.19. The van der Waals surface area contributed by atoms with Crippen LogP contribution in [0.25, 0.3) is 0 Å². The minimum absolute atomic E-state index is 0.0991. The van der Waals surface area contributed by atoms with Crippen LogP contribution in [-0.2, 0) is 11.2 Å². The van der Waals surface area contributed by atoms with Gasteiger partial charge in [0, 0.05) is 17.3 Å². The highest BCUT2D eigenvalue weighted by molar-refractivity contribution is 7.09. The Morgan fingerprint density at radius 3 is 2.62 bits per heavy atom. The van der Waals surface area contributed by atoms with E-state index in [4.69, 9.17) is 10.5 Å². The van der Waals surface area contributed by atoms with E-state index >= 15 is 0 Å². The zero-order valence-corrected chi connectivity index (χ0v) is 13.2. The molecule has 0 aliphatic heterocycles. The van der Waals surface area contributed by atoms with Gasteiger partial charge < -0.3 is 10.5 Å². The Kier molecular flexibility index (Phi) is 5.85. The van der Waals surface area contributed by atoms with Gasteiger partial charge in [-0.05, 0) is 31.0 Å². The lowest BCUT2D eigenvalue weighted by Crippen LogP contribution is -2.30. The molecule has 0 radical (unpaired) electrons. The number of nitrogens with two attached hydrogens (primary N) is 1. The molecule has 2 rings (SSSR count). The van der Waals surface area contributed by atoms with Crippen LogP contribution in [0.15, 0.2) is 29.8 Å². The van der Waals surface area contributed by atoms with Gasteiger partial charge in [0.25, 0.3) is 0 Å². The van der Waals surface area contributed by atoms with Gasteiger partial charge in [0.05, 0.1) is 23.9 Å². The molecule has 2 unspecified atom stereocenters.